The van der Waals surface area contributed by atoms with Gasteiger partial charge in [0.25, 0.3) is 0 Å². The van der Waals surface area contributed by atoms with E-state index in [4.69, 9.17) is 0 Å². The monoisotopic (exact) mass is 239 g/mol. The molecule has 0 bridgehead atoms. The first kappa shape index (κ1) is 11.6. The Morgan fingerprint density at radius 3 is 2.31 bits per heavy atom. The van der Waals surface area contributed by atoms with Crippen molar-refractivity contribution in [3.05, 3.63) is 35.4 Å². The largest absolute Gasteiger partial charge is 0.212 e. The maximum absolute atomic E-state index is 11.6. The molecule has 0 heterocycles. The van der Waals surface area contributed by atoms with Gasteiger partial charge in [0.2, 0.25) is 10.0 Å². The van der Waals surface area contributed by atoms with Gasteiger partial charge in [-0.25, -0.2) is 13.1 Å². The molecule has 0 unspecified atom stereocenters. The first-order valence-electron chi connectivity index (χ1n) is 5.67. The van der Waals surface area contributed by atoms with Crippen LogP contribution in [0.5, 0.6) is 0 Å². The molecule has 16 heavy (non-hydrogen) atoms. The lowest BCUT2D eigenvalue weighted by molar-refractivity contribution is 0.554. The van der Waals surface area contributed by atoms with Crippen molar-refractivity contribution in [1.82, 2.24) is 4.72 Å². The Hall–Kier alpha value is -0.870. The van der Waals surface area contributed by atoms with Crippen molar-refractivity contribution in [1.29, 1.82) is 0 Å². The molecule has 0 aliphatic heterocycles. The van der Waals surface area contributed by atoms with Crippen LogP contribution in [0.25, 0.3) is 0 Å². The molecule has 2 rings (SSSR count). The highest BCUT2D eigenvalue weighted by Crippen LogP contribution is 2.22. The second-order valence-corrected chi connectivity index (χ2v) is 6.18. The Kier molecular flexibility index (Phi) is 3.30. The van der Waals surface area contributed by atoms with Crippen LogP contribution in [0.4, 0.5) is 0 Å². The molecule has 0 saturated carbocycles. The molecule has 0 saturated heterocycles. The van der Waals surface area contributed by atoms with Crippen LogP contribution in [0.15, 0.2) is 24.3 Å². The average Bonchev–Trinajstić information content (AvgIpc) is 2.58. The van der Waals surface area contributed by atoms with Crippen LogP contribution in [-0.2, 0) is 22.9 Å². The molecule has 0 atom stereocenters. The minimum Gasteiger partial charge on any atom is -0.212 e. The van der Waals surface area contributed by atoms with E-state index in [2.05, 4.69) is 16.9 Å². The van der Waals surface area contributed by atoms with Gasteiger partial charge in [-0.2, -0.15) is 0 Å². The van der Waals surface area contributed by atoms with Crippen LogP contribution in [0, 0.1) is 0 Å². The van der Waals surface area contributed by atoms with Gasteiger partial charge in [-0.15, -0.1) is 0 Å². The van der Waals surface area contributed by atoms with Crippen LogP contribution in [0.3, 0.4) is 0 Å². The second-order valence-electron chi connectivity index (χ2n) is 4.31. The standard InChI is InChI=1S/C12H17NO2S/c1-2-7-16(14,15)13-12-8-10-5-3-4-6-11(10)9-12/h3-6,12-13H,2,7-9H2,1H3. The fourth-order valence-corrected chi connectivity index (χ4v) is 3.55. The molecular formula is C12H17NO2S. The van der Waals surface area contributed by atoms with E-state index < -0.39 is 10.0 Å². The van der Waals surface area contributed by atoms with E-state index in [9.17, 15) is 8.42 Å². The third kappa shape index (κ3) is 2.62. The lowest BCUT2D eigenvalue weighted by Gasteiger charge is -2.11. The van der Waals surface area contributed by atoms with Crippen molar-refractivity contribution in [2.24, 2.45) is 0 Å². The molecule has 3 nitrogen and oxygen atoms in total. The van der Waals surface area contributed by atoms with Gasteiger partial charge in [0.05, 0.1) is 5.75 Å². The molecule has 0 radical (unpaired) electrons. The fraction of sp³-hybridized carbons (Fsp3) is 0.500. The Labute approximate surface area is 96.9 Å². The van der Waals surface area contributed by atoms with Gasteiger partial charge >= 0.3 is 0 Å². The highest BCUT2D eigenvalue weighted by Gasteiger charge is 2.24. The average molecular weight is 239 g/mol. The summed E-state index contributed by atoms with van der Waals surface area (Å²) in [6.45, 7) is 1.88. The van der Waals surface area contributed by atoms with E-state index >= 15 is 0 Å². The smallest absolute Gasteiger partial charge is 0.211 e. The summed E-state index contributed by atoms with van der Waals surface area (Å²) in [5.41, 5.74) is 2.54. The van der Waals surface area contributed by atoms with Crippen LogP contribution < -0.4 is 4.72 Å². The predicted octanol–water partition coefficient (Wildman–Crippen LogP) is 1.48. The molecule has 0 amide bonds. The van der Waals surface area contributed by atoms with E-state index in [1.807, 2.05) is 19.1 Å². The maximum Gasteiger partial charge on any atom is 0.211 e. The van der Waals surface area contributed by atoms with Gasteiger partial charge in [0, 0.05) is 6.04 Å². The third-order valence-corrected chi connectivity index (χ3v) is 4.51. The van der Waals surface area contributed by atoms with E-state index in [-0.39, 0.29) is 11.8 Å². The van der Waals surface area contributed by atoms with E-state index in [1.165, 1.54) is 11.1 Å². The first-order valence-corrected chi connectivity index (χ1v) is 7.33. The Morgan fingerprint density at radius 2 is 1.81 bits per heavy atom. The Bertz CT molecular complexity index is 443. The van der Waals surface area contributed by atoms with Crippen molar-refractivity contribution >= 4 is 10.0 Å². The zero-order valence-corrected chi connectivity index (χ0v) is 10.3. The SMILES string of the molecule is CCCS(=O)(=O)NC1Cc2ccccc2C1. The summed E-state index contributed by atoms with van der Waals surface area (Å²) in [6, 6.07) is 8.20. The number of sulfonamides is 1. The summed E-state index contributed by atoms with van der Waals surface area (Å²) >= 11 is 0. The normalized spacial score (nSPS) is 16.3. The minimum atomic E-state index is -3.08. The van der Waals surface area contributed by atoms with Crippen molar-refractivity contribution in [2.75, 3.05) is 5.75 Å². The second kappa shape index (κ2) is 4.55. The number of fused-ring (bicyclic) bond motifs is 1. The molecule has 1 N–H and O–H groups in total. The van der Waals surface area contributed by atoms with Crippen molar-refractivity contribution in [3.63, 3.8) is 0 Å². The van der Waals surface area contributed by atoms with Crippen LogP contribution in [0.2, 0.25) is 0 Å². The number of benzene rings is 1. The molecule has 0 fully saturated rings. The Morgan fingerprint density at radius 1 is 1.25 bits per heavy atom. The van der Waals surface area contributed by atoms with Crippen molar-refractivity contribution in [2.45, 2.75) is 32.2 Å². The topological polar surface area (TPSA) is 46.2 Å². The maximum atomic E-state index is 11.6. The molecule has 1 aromatic carbocycles. The Balaban J connectivity index is 2.02. The van der Waals surface area contributed by atoms with Crippen molar-refractivity contribution in [3.8, 4) is 0 Å². The summed E-state index contributed by atoms with van der Waals surface area (Å²) in [5, 5.41) is 0. The number of hydrogen-bond acceptors (Lipinski definition) is 2. The van der Waals surface area contributed by atoms with Gasteiger partial charge < -0.3 is 0 Å². The molecular weight excluding hydrogens is 222 g/mol. The number of rotatable bonds is 4. The zero-order chi connectivity index (χ0) is 11.6. The zero-order valence-electron chi connectivity index (χ0n) is 9.44. The van der Waals surface area contributed by atoms with Crippen LogP contribution >= 0.6 is 0 Å². The molecule has 0 spiro atoms. The van der Waals surface area contributed by atoms with Gasteiger partial charge in [-0.3, -0.25) is 0 Å². The number of hydrogen-bond donors (Lipinski definition) is 1. The van der Waals surface area contributed by atoms with Gasteiger partial charge in [0.15, 0.2) is 0 Å². The summed E-state index contributed by atoms with van der Waals surface area (Å²) in [4.78, 5) is 0. The minimum absolute atomic E-state index is 0.0500. The third-order valence-electron chi connectivity index (χ3n) is 2.87. The summed E-state index contributed by atoms with van der Waals surface area (Å²) in [5.74, 6) is 0.222. The molecule has 1 aromatic rings. The molecule has 4 heteroatoms. The van der Waals surface area contributed by atoms with E-state index in [0.717, 1.165) is 12.8 Å². The fourth-order valence-electron chi connectivity index (χ4n) is 2.22. The quantitative estimate of drug-likeness (QED) is 0.865. The highest BCUT2D eigenvalue weighted by atomic mass is 32.2. The lowest BCUT2D eigenvalue weighted by atomic mass is 10.1. The lowest BCUT2D eigenvalue weighted by Crippen LogP contribution is -2.36. The summed E-state index contributed by atoms with van der Waals surface area (Å²) in [6.07, 6.45) is 2.30. The molecule has 0 aromatic heterocycles. The first-order chi connectivity index (χ1) is 7.61. The van der Waals surface area contributed by atoms with E-state index in [1.54, 1.807) is 0 Å². The van der Waals surface area contributed by atoms with Crippen molar-refractivity contribution < 1.29 is 8.42 Å². The molecule has 88 valence electrons. The molecule has 1 aliphatic carbocycles. The van der Waals surface area contributed by atoms with Gasteiger partial charge in [-0.05, 0) is 30.4 Å². The van der Waals surface area contributed by atoms with Crippen LogP contribution in [-0.4, -0.2) is 20.2 Å². The van der Waals surface area contributed by atoms with E-state index in [0.29, 0.717) is 6.42 Å². The summed E-state index contributed by atoms with van der Waals surface area (Å²) < 4.78 is 26.0. The highest BCUT2D eigenvalue weighted by molar-refractivity contribution is 7.89. The van der Waals surface area contributed by atoms with Gasteiger partial charge in [-0.1, -0.05) is 31.2 Å². The molecule has 1 aliphatic rings. The predicted molar refractivity (Wildman–Crippen MR) is 64.9 cm³/mol. The van der Waals surface area contributed by atoms with Crippen LogP contribution in [0.1, 0.15) is 24.5 Å². The van der Waals surface area contributed by atoms with Gasteiger partial charge in [0.1, 0.15) is 0 Å². The number of nitrogens with one attached hydrogen (secondary N) is 1. The summed E-state index contributed by atoms with van der Waals surface area (Å²) in [7, 11) is -3.08.